The molecule has 0 bridgehead atoms. The van der Waals surface area contributed by atoms with E-state index in [0.29, 0.717) is 12.4 Å². The predicted octanol–water partition coefficient (Wildman–Crippen LogP) is 3.47. The van der Waals surface area contributed by atoms with E-state index in [1.54, 1.807) is 0 Å². The lowest BCUT2D eigenvalue weighted by Crippen LogP contribution is -2.35. The molecule has 0 aliphatic rings. The molecule has 1 aromatic heterocycles. The van der Waals surface area contributed by atoms with Crippen molar-refractivity contribution >= 4 is 0 Å². The fraction of sp³-hybridized carbons (Fsp3) is 0.857. The summed E-state index contributed by atoms with van der Waals surface area (Å²) in [5.41, 5.74) is 0.0782. The lowest BCUT2D eigenvalue weighted by molar-refractivity contribution is 0.369. The number of rotatable bonds is 8. The molecular formula is C14H27N3O. The second-order valence-corrected chi connectivity index (χ2v) is 5.86. The molecule has 0 saturated heterocycles. The largest absolute Gasteiger partial charge is 0.424 e. The van der Waals surface area contributed by atoms with Crippen molar-refractivity contribution in [1.29, 1.82) is 0 Å². The monoisotopic (exact) mass is 253 g/mol. The van der Waals surface area contributed by atoms with E-state index in [-0.39, 0.29) is 5.54 Å². The van der Waals surface area contributed by atoms with Gasteiger partial charge in [0.25, 0.3) is 0 Å². The first-order chi connectivity index (χ1) is 8.51. The smallest absolute Gasteiger partial charge is 0.230 e. The van der Waals surface area contributed by atoms with Gasteiger partial charge < -0.3 is 9.73 Å². The maximum absolute atomic E-state index is 5.60. The molecule has 0 saturated carbocycles. The highest BCUT2D eigenvalue weighted by atomic mass is 16.4. The Labute approximate surface area is 111 Å². The Morgan fingerprint density at radius 1 is 1.00 bits per heavy atom. The van der Waals surface area contributed by atoms with E-state index >= 15 is 0 Å². The molecular weight excluding hydrogens is 226 g/mol. The molecule has 1 N–H and O–H groups in total. The molecule has 0 unspecified atom stereocenters. The summed E-state index contributed by atoms with van der Waals surface area (Å²) >= 11 is 0. The van der Waals surface area contributed by atoms with Crippen molar-refractivity contribution in [3.63, 3.8) is 0 Å². The first-order valence-corrected chi connectivity index (χ1v) is 7.07. The third-order valence-electron chi connectivity index (χ3n) is 2.77. The Morgan fingerprint density at radius 3 is 2.33 bits per heavy atom. The topological polar surface area (TPSA) is 51.0 Å². The van der Waals surface area contributed by atoms with Gasteiger partial charge in [0, 0.05) is 12.0 Å². The molecule has 0 spiro atoms. The number of hydrogen-bond donors (Lipinski definition) is 1. The van der Waals surface area contributed by atoms with Gasteiger partial charge in [-0.3, -0.25) is 0 Å². The Balaban J connectivity index is 2.22. The summed E-state index contributed by atoms with van der Waals surface area (Å²) in [5, 5.41) is 11.5. The summed E-state index contributed by atoms with van der Waals surface area (Å²) < 4.78 is 5.60. The van der Waals surface area contributed by atoms with E-state index in [2.05, 4.69) is 43.2 Å². The summed E-state index contributed by atoms with van der Waals surface area (Å²) in [7, 11) is 0. The number of unbranched alkanes of at least 4 members (excludes halogenated alkanes) is 4. The van der Waals surface area contributed by atoms with E-state index < -0.39 is 0 Å². The summed E-state index contributed by atoms with van der Waals surface area (Å²) in [4.78, 5) is 0. The molecule has 0 aromatic carbocycles. The van der Waals surface area contributed by atoms with Crippen LogP contribution >= 0.6 is 0 Å². The van der Waals surface area contributed by atoms with Gasteiger partial charge >= 0.3 is 0 Å². The molecule has 1 rings (SSSR count). The van der Waals surface area contributed by atoms with Crippen LogP contribution in [0.25, 0.3) is 0 Å². The van der Waals surface area contributed by atoms with Crippen molar-refractivity contribution in [3.8, 4) is 0 Å². The van der Waals surface area contributed by atoms with Crippen LogP contribution in [-0.4, -0.2) is 15.7 Å². The van der Waals surface area contributed by atoms with Gasteiger partial charge in [-0.05, 0) is 27.2 Å². The lowest BCUT2D eigenvalue weighted by Gasteiger charge is -2.18. The van der Waals surface area contributed by atoms with Crippen molar-refractivity contribution in [3.05, 3.63) is 11.8 Å². The summed E-state index contributed by atoms with van der Waals surface area (Å²) in [6.07, 6.45) is 7.23. The van der Waals surface area contributed by atoms with Crippen molar-refractivity contribution in [2.24, 2.45) is 0 Å². The van der Waals surface area contributed by atoms with E-state index in [1.807, 2.05) is 0 Å². The summed E-state index contributed by atoms with van der Waals surface area (Å²) in [6, 6.07) is 0. The van der Waals surface area contributed by atoms with Gasteiger partial charge in [-0.25, -0.2) is 0 Å². The molecule has 18 heavy (non-hydrogen) atoms. The lowest BCUT2D eigenvalue weighted by atomic mass is 10.1. The van der Waals surface area contributed by atoms with Gasteiger partial charge in [0.1, 0.15) is 0 Å². The fourth-order valence-corrected chi connectivity index (χ4v) is 1.68. The predicted molar refractivity (Wildman–Crippen MR) is 73.4 cm³/mol. The normalized spacial score (nSPS) is 12.0. The van der Waals surface area contributed by atoms with Gasteiger partial charge in [-0.15, -0.1) is 10.2 Å². The average molecular weight is 253 g/mol. The minimum atomic E-state index is 0.0782. The number of nitrogens with zero attached hydrogens (tertiary/aromatic N) is 2. The third-order valence-corrected chi connectivity index (χ3v) is 2.77. The molecule has 0 atom stereocenters. The maximum atomic E-state index is 5.60. The van der Waals surface area contributed by atoms with Gasteiger partial charge in [0.05, 0.1) is 6.54 Å². The zero-order chi connectivity index (χ0) is 13.4. The quantitative estimate of drug-likeness (QED) is 0.721. The third kappa shape index (κ3) is 6.74. The number of nitrogens with one attached hydrogen (secondary N) is 1. The number of aryl methyl sites for hydroxylation is 1. The Morgan fingerprint density at radius 2 is 1.67 bits per heavy atom. The van der Waals surface area contributed by atoms with Crippen LogP contribution in [0.4, 0.5) is 0 Å². The molecule has 0 aliphatic heterocycles. The van der Waals surface area contributed by atoms with Crippen LogP contribution in [0, 0.1) is 0 Å². The van der Waals surface area contributed by atoms with Gasteiger partial charge in [0.15, 0.2) is 0 Å². The van der Waals surface area contributed by atoms with Crippen LogP contribution in [0.15, 0.2) is 4.42 Å². The fourth-order valence-electron chi connectivity index (χ4n) is 1.68. The molecule has 4 nitrogen and oxygen atoms in total. The molecule has 4 heteroatoms. The first kappa shape index (κ1) is 15.2. The SMILES string of the molecule is CCCCCCCc1nnc(CNC(C)(C)C)o1. The van der Waals surface area contributed by atoms with Crippen molar-refractivity contribution in [2.75, 3.05) is 0 Å². The van der Waals surface area contributed by atoms with Crippen LogP contribution in [0.5, 0.6) is 0 Å². The van der Waals surface area contributed by atoms with Gasteiger partial charge in [0.2, 0.25) is 11.8 Å². The van der Waals surface area contributed by atoms with E-state index in [1.165, 1.54) is 25.7 Å². The molecule has 0 radical (unpaired) electrons. The second kappa shape index (κ2) is 7.52. The molecule has 0 aliphatic carbocycles. The van der Waals surface area contributed by atoms with Crippen LogP contribution in [-0.2, 0) is 13.0 Å². The highest BCUT2D eigenvalue weighted by Crippen LogP contribution is 2.09. The van der Waals surface area contributed by atoms with E-state index in [4.69, 9.17) is 4.42 Å². The molecule has 1 heterocycles. The molecule has 104 valence electrons. The average Bonchev–Trinajstić information content (AvgIpc) is 2.73. The Kier molecular flexibility index (Phi) is 6.33. The zero-order valence-corrected chi connectivity index (χ0v) is 12.3. The van der Waals surface area contributed by atoms with Gasteiger partial charge in [-0.1, -0.05) is 32.6 Å². The number of hydrogen-bond acceptors (Lipinski definition) is 4. The number of aromatic nitrogens is 2. The van der Waals surface area contributed by atoms with Crippen LogP contribution in [0.2, 0.25) is 0 Å². The van der Waals surface area contributed by atoms with Crippen molar-refractivity contribution in [1.82, 2.24) is 15.5 Å². The van der Waals surface area contributed by atoms with Gasteiger partial charge in [-0.2, -0.15) is 0 Å². The Hall–Kier alpha value is -0.900. The molecule has 0 amide bonds. The maximum Gasteiger partial charge on any atom is 0.230 e. The molecule has 0 fully saturated rings. The van der Waals surface area contributed by atoms with E-state index in [0.717, 1.165) is 18.7 Å². The zero-order valence-electron chi connectivity index (χ0n) is 12.3. The van der Waals surface area contributed by atoms with Crippen LogP contribution in [0.3, 0.4) is 0 Å². The van der Waals surface area contributed by atoms with Crippen molar-refractivity contribution in [2.45, 2.75) is 78.3 Å². The minimum absolute atomic E-state index is 0.0782. The molecule has 1 aromatic rings. The minimum Gasteiger partial charge on any atom is -0.424 e. The van der Waals surface area contributed by atoms with Crippen LogP contribution < -0.4 is 5.32 Å². The van der Waals surface area contributed by atoms with Crippen LogP contribution in [0.1, 0.15) is 71.6 Å². The highest BCUT2D eigenvalue weighted by molar-refractivity contribution is 4.83. The summed E-state index contributed by atoms with van der Waals surface area (Å²) in [6.45, 7) is 9.24. The highest BCUT2D eigenvalue weighted by Gasteiger charge is 2.11. The second-order valence-electron chi connectivity index (χ2n) is 5.86. The first-order valence-electron chi connectivity index (χ1n) is 7.07. The Bertz CT molecular complexity index is 328. The van der Waals surface area contributed by atoms with Crippen molar-refractivity contribution < 1.29 is 4.42 Å². The van der Waals surface area contributed by atoms with E-state index in [9.17, 15) is 0 Å². The standard InChI is InChI=1S/C14H27N3O/c1-5-6-7-8-9-10-12-16-17-13(18-12)11-15-14(2,3)4/h15H,5-11H2,1-4H3. The summed E-state index contributed by atoms with van der Waals surface area (Å²) in [5.74, 6) is 1.46.